The molecule has 0 saturated carbocycles. The van der Waals surface area contributed by atoms with Crippen LogP contribution in [0.3, 0.4) is 0 Å². The average Bonchev–Trinajstić information content (AvgIpc) is 3.13. The number of hydrogen-bond acceptors (Lipinski definition) is 4. The Hall–Kier alpha value is -2.50. The standard InChI is InChI=1S/C24H25N3OS/c28-24-20(17-18-9-3-1-4-10-18)25-23-22(19-11-5-6-12-21(19)29-23)27(24)16-15-26-13-7-2-8-14-26/h1,3-6,9-12H,2,7-8,13-17H2. The van der Waals surface area contributed by atoms with Gasteiger partial charge in [-0.25, -0.2) is 4.98 Å². The van der Waals surface area contributed by atoms with Gasteiger partial charge in [0, 0.05) is 29.6 Å². The van der Waals surface area contributed by atoms with Crippen molar-refractivity contribution in [3.8, 4) is 0 Å². The zero-order valence-electron chi connectivity index (χ0n) is 16.5. The number of fused-ring (bicyclic) bond motifs is 3. The third kappa shape index (κ3) is 3.72. The van der Waals surface area contributed by atoms with E-state index in [0.717, 1.165) is 47.5 Å². The van der Waals surface area contributed by atoms with Crippen molar-refractivity contribution in [2.75, 3.05) is 19.6 Å². The SMILES string of the molecule is O=c1c(Cc2ccccc2)nc2sc3ccccc3c2n1CCN1CCCCC1. The third-order valence-electron chi connectivity index (χ3n) is 5.85. The summed E-state index contributed by atoms with van der Waals surface area (Å²) in [6.45, 7) is 3.93. The maximum absolute atomic E-state index is 13.5. The van der Waals surface area contributed by atoms with E-state index >= 15 is 0 Å². The molecule has 4 aromatic rings. The molecular formula is C24H25N3OS. The number of benzene rings is 2. The van der Waals surface area contributed by atoms with Gasteiger partial charge in [-0.05, 0) is 37.6 Å². The zero-order chi connectivity index (χ0) is 19.6. The Morgan fingerprint density at radius 1 is 0.897 bits per heavy atom. The molecule has 5 rings (SSSR count). The molecule has 2 aromatic heterocycles. The van der Waals surface area contributed by atoms with Crippen molar-refractivity contribution >= 4 is 31.8 Å². The molecule has 3 heterocycles. The number of rotatable bonds is 5. The maximum Gasteiger partial charge on any atom is 0.273 e. The van der Waals surface area contributed by atoms with Crippen LogP contribution in [0.2, 0.25) is 0 Å². The summed E-state index contributed by atoms with van der Waals surface area (Å²) in [5.41, 5.74) is 2.83. The van der Waals surface area contributed by atoms with Crippen molar-refractivity contribution in [3.63, 3.8) is 0 Å². The largest absolute Gasteiger partial charge is 0.303 e. The first kappa shape index (κ1) is 18.5. The van der Waals surface area contributed by atoms with Crippen molar-refractivity contribution < 1.29 is 0 Å². The van der Waals surface area contributed by atoms with Crippen molar-refractivity contribution in [3.05, 3.63) is 76.2 Å². The summed E-state index contributed by atoms with van der Waals surface area (Å²) in [7, 11) is 0. The van der Waals surface area contributed by atoms with Crippen LogP contribution in [-0.4, -0.2) is 34.1 Å². The summed E-state index contributed by atoms with van der Waals surface area (Å²) < 4.78 is 3.19. The fourth-order valence-corrected chi connectivity index (χ4v) is 5.43. The molecule has 0 radical (unpaired) electrons. The van der Waals surface area contributed by atoms with E-state index in [-0.39, 0.29) is 5.56 Å². The summed E-state index contributed by atoms with van der Waals surface area (Å²) in [6, 6.07) is 18.5. The van der Waals surface area contributed by atoms with E-state index in [9.17, 15) is 4.79 Å². The smallest absolute Gasteiger partial charge is 0.273 e. The normalized spacial score (nSPS) is 15.3. The molecule has 0 aliphatic carbocycles. The third-order valence-corrected chi connectivity index (χ3v) is 6.91. The molecule has 29 heavy (non-hydrogen) atoms. The Bertz CT molecular complexity index is 1190. The van der Waals surface area contributed by atoms with Gasteiger partial charge >= 0.3 is 0 Å². The highest BCUT2D eigenvalue weighted by Crippen LogP contribution is 2.32. The van der Waals surface area contributed by atoms with E-state index in [4.69, 9.17) is 4.98 Å². The lowest BCUT2D eigenvalue weighted by Crippen LogP contribution is -2.35. The predicted molar refractivity (Wildman–Crippen MR) is 121 cm³/mol. The summed E-state index contributed by atoms with van der Waals surface area (Å²) in [5, 5.41) is 1.14. The lowest BCUT2D eigenvalue weighted by Gasteiger charge is -2.26. The van der Waals surface area contributed by atoms with Crippen molar-refractivity contribution in [2.24, 2.45) is 0 Å². The van der Waals surface area contributed by atoms with Crippen LogP contribution >= 0.6 is 11.3 Å². The summed E-state index contributed by atoms with van der Waals surface area (Å²) in [6.07, 6.45) is 4.43. The van der Waals surface area contributed by atoms with Gasteiger partial charge in [-0.1, -0.05) is 55.0 Å². The van der Waals surface area contributed by atoms with Crippen LogP contribution in [0.4, 0.5) is 0 Å². The first-order valence-electron chi connectivity index (χ1n) is 10.5. The number of aromatic nitrogens is 2. The highest BCUT2D eigenvalue weighted by molar-refractivity contribution is 7.25. The van der Waals surface area contributed by atoms with E-state index in [1.807, 2.05) is 28.8 Å². The van der Waals surface area contributed by atoms with Gasteiger partial charge in [-0.3, -0.25) is 4.79 Å². The number of hydrogen-bond donors (Lipinski definition) is 0. The van der Waals surface area contributed by atoms with Gasteiger partial charge in [-0.2, -0.15) is 0 Å². The summed E-state index contributed by atoms with van der Waals surface area (Å²) in [5.74, 6) is 0. The lowest BCUT2D eigenvalue weighted by atomic mass is 10.1. The van der Waals surface area contributed by atoms with Crippen LogP contribution in [0.1, 0.15) is 30.5 Å². The Morgan fingerprint density at radius 2 is 1.66 bits per heavy atom. The van der Waals surface area contributed by atoms with E-state index in [0.29, 0.717) is 12.1 Å². The molecule has 5 heteroatoms. The fourth-order valence-electron chi connectivity index (χ4n) is 4.33. The molecule has 0 spiro atoms. The molecule has 4 nitrogen and oxygen atoms in total. The van der Waals surface area contributed by atoms with E-state index in [1.165, 1.54) is 24.0 Å². The highest BCUT2D eigenvalue weighted by atomic mass is 32.1. The first-order valence-corrected chi connectivity index (χ1v) is 11.3. The number of thiophene rings is 1. The molecule has 0 amide bonds. The molecule has 1 aliphatic heterocycles. The molecule has 2 aromatic carbocycles. The topological polar surface area (TPSA) is 38.1 Å². The van der Waals surface area contributed by atoms with Crippen molar-refractivity contribution in [1.82, 2.24) is 14.5 Å². The quantitative estimate of drug-likeness (QED) is 0.485. The summed E-state index contributed by atoms with van der Waals surface area (Å²) in [4.78, 5) is 21.8. The average molecular weight is 404 g/mol. The predicted octanol–water partition coefficient (Wildman–Crippen LogP) is 4.69. The second-order valence-electron chi connectivity index (χ2n) is 7.83. The Morgan fingerprint density at radius 3 is 2.48 bits per heavy atom. The number of piperidine rings is 1. The van der Waals surface area contributed by atoms with Crippen molar-refractivity contribution in [1.29, 1.82) is 0 Å². The second-order valence-corrected chi connectivity index (χ2v) is 8.86. The van der Waals surface area contributed by atoms with E-state index in [1.54, 1.807) is 11.3 Å². The minimum atomic E-state index is 0.0573. The molecule has 1 aliphatic rings. The van der Waals surface area contributed by atoms with Gasteiger partial charge in [0.2, 0.25) is 0 Å². The van der Waals surface area contributed by atoms with Gasteiger partial charge in [0.25, 0.3) is 5.56 Å². The number of nitrogens with zero attached hydrogens (tertiary/aromatic N) is 3. The Balaban J connectivity index is 1.60. The molecule has 0 N–H and O–H groups in total. The number of likely N-dealkylation sites (tertiary alicyclic amines) is 1. The van der Waals surface area contributed by atoms with Gasteiger partial charge in [0.05, 0.1) is 5.52 Å². The molecule has 1 fully saturated rings. The van der Waals surface area contributed by atoms with Crippen molar-refractivity contribution in [2.45, 2.75) is 32.2 Å². The Labute approximate surface area is 174 Å². The van der Waals surface area contributed by atoms with Crippen LogP contribution in [0.15, 0.2) is 59.4 Å². The monoisotopic (exact) mass is 403 g/mol. The van der Waals surface area contributed by atoms with Gasteiger partial charge in [-0.15, -0.1) is 11.3 Å². The van der Waals surface area contributed by atoms with Gasteiger partial charge < -0.3 is 9.47 Å². The minimum absolute atomic E-state index is 0.0573. The Kier molecular flexibility index (Phi) is 5.17. The molecule has 0 unspecified atom stereocenters. The van der Waals surface area contributed by atoms with Gasteiger partial charge in [0.15, 0.2) is 0 Å². The van der Waals surface area contributed by atoms with Crippen LogP contribution < -0.4 is 5.56 Å². The van der Waals surface area contributed by atoms with Crippen LogP contribution in [-0.2, 0) is 13.0 Å². The molecular weight excluding hydrogens is 378 g/mol. The second kappa shape index (κ2) is 8.09. The van der Waals surface area contributed by atoms with Crippen LogP contribution in [0.25, 0.3) is 20.4 Å². The minimum Gasteiger partial charge on any atom is -0.303 e. The van der Waals surface area contributed by atoms with Crippen LogP contribution in [0.5, 0.6) is 0 Å². The van der Waals surface area contributed by atoms with Gasteiger partial charge in [0.1, 0.15) is 10.5 Å². The lowest BCUT2D eigenvalue weighted by molar-refractivity contribution is 0.221. The van der Waals surface area contributed by atoms with E-state index < -0.39 is 0 Å². The fraction of sp³-hybridized carbons (Fsp3) is 0.333. The first-order chi connectivity index (χ1) is 14.3. The van der Waals surface area contributed by atoms with Crippen LogP contribution in [0, 0.1) is 0 Å². The molecule has 1 saturated heterocycles. The molecule has 148 valence electrons. The summed E-state index contributed by atoms with van der Waals surface area (Å²) >= 11 is 1.69. The highest BCUT2D eigenvalue weighted by Gasteiger charge is 2.18. The van der Waals surface area contributed by atoms with E-state index in [2.05, 4.69) is 35.2 Å². The zero-order valence-corrected chi connectivity index (χ0v) is 17.3. The molecule has 0 bridgehead atoms. The maximum atomic E-state index is 13.5. The molecule has 0 atom stereocenters.